The van der Waals surface area contributed by atoms with Crippen LogP contribution in [0.2, 0.25) is 0 Å². The summed E-state index contributed by atoms with van der Waals surface area (Å²) < 4.78 is 17.0. The molecule has 0 N–H and O–H groups in total. The van der Waals surface area contributed by atoms with Crippen molar-refractivity contribution >= 4 is 33.6 Å². The molecule has 3 rings (SSSR count). The maximum atomic E-state index is 12.7. The summed E-state index contributed by atoms with van der Waals surface area (Å²) in [5, 5.41) is 1.50. The lowest BCUT2D eigenvalue weighted by Gasteiger charge is -2.44. The van der Waals surface area contributed by atoms with E-state index in [9.17, 15) is 9.59 Å². The Kier molecular flexibility index (Phi) is 5.84. The zero-order chi connectivity index (χ0) is 18.7. The van der Waals surface area contributed by atoms with Gasteiger partial charge in [0.1, 0.15) is 0 Å². The predicted molar refractivity (Wildman–Crippen MR) is 96.2 cm³/mol. The molecule has 0 saturated carbocycles. The molecule has 2 aliphatic heterocycles. The van der Waals surface area contributed by atoms with Crippen LogP contribution in [-0.2, 0) is 28.6 Å². The van der Waals surface area contributed by atoms with Crippen LogP contribution < -0.4 is 5.06 Å². The van der Waals surface area contributed by atoms with Crippen molar-refractivity contribution in [2.24, 2.45) is 5.92 Å². The second-order valence-electron chi connectivity index (χ2n) is 6.18. The fraction of sp³-hybridized carbons (Fsp3) is 0.556. The molecule has 2 unspecified atom stereocenters. The predicted octanol–water partition coefficient (Wildman–Crippen LogP) is 2.82. The second kappa shape index (κ2) is 7.94. The Balaban J connectivity index is 2.00. The van der Waals surface area contributed by atoms with E-state index in [0.717, 1.165) is 10.9 Å². The third kappa shape index (κ3) is 3.45. The number of carbonyl (C=O) groups excluding carboxylic acids is 2. The molecule has 8 heteroatoms. The largest absolute Gasteiger partial charge is 0.463 e. The molecule has 7 nitrogen and oxygen atoms in total. The molecule has 1 aromatic rings. The normalized spacial score (nSPS) is 24.0. The lowest BCUT2D eigenvalue weighted by Crippen LogP contribution is -2.62. The maximum Gasteiger partial charge on any atom is 0.353 e. The number of hydroxylamine groups is 1. The number of fused-ring (bicyclic) bond motifs is 1. The van der Waals surface area contributed by atoms with Crippen molar-refractivity contribution in [2.45, 2.75) is 38.5 Å². The number of nitrogens with zero attached hydrogens (tertiary/aromatic N) is 1. The molecular weight excluding hydrogens is 406 g/mol. The van der Waals surface area contributed by atoms with Gasteiger partial charge in [0.2, 0.25) is 0 Å². The van der Waals surface area contributed by atoms with Gasteiger partial charge in [-0.3, -0.25) is 0 Å². The fourth-order valence-corrected chi connectivity index (χ4v) is 3.58. The first kappa shape index (κ1) is 19.1. The first-order valence-corrected chi connectivity index (χ1v) is 9.51. The highest BCUT2D eigenvalue weighted by molar-refractivity contribution is 9.10. The lowest BCUT2D eigenvalue weighted by molar-refractivity contribution is -0.212. The van der Waals surface area contributed by atoms with E-state index in [4.69, 9.17) is 19.0 Å². The zero-order valence-electron chi connectivity index (χ0n) is 14.8. The fourth-order valence-electron chi connectivity index (χ4n) is 3.31. The van der Waals surface area contributed by atoms with Gasteiger partial charge in [0, 0.05) is 23.4 Å². The van der Waals surface area contributed by atoms with Gasteiger partial charge in [0.15, 0.2) is 6.23 Å². The van der Waals surface area contributed by atoms with Crippen LogP contribution in [0.25, 0.3) is 0 Å². The Hall–Kier alpha value is -1.64. The third-order valence-corrected chi connectivity index (χ3v) is 5.04. The van der Waals surface area contributed by atoms with Gasteiger partial charge in [0.05, 0.1) is 18.9 Å². The third-order valence-electron chi connectivity index (χ3n) is 4.51. The molecule has 0 amide bonds. The molecule has 0 aliphatic carbocycles. The Morgan fingerprint density at radius 2 is 1.81 bits per heavy atom. The van der Waals surface area contributed by atoms with Crippen molar-refractivity contribution in [2.75, 3.05) is 24.9 Å². The molecule has 2 aliphatic rings. The zero-order valence-corrected chi connectivity index (χ0v) is 16.4. The molecule has 0 aromatic heterocycles. The van der Waals surface area contributed by atoms with Crippen LogP contribution >= 0.6 is 15.9 Å². The quantitative estimate of drug-likeness (QED) is 0.528. The Morgan fingerprint density at radius 3 is 2.38 bits per heavy atom. The monoisotopic (exact) mass is 427 g/mol. The van der Waals surface area contributed by atoms with E-state index >= 15 is 0 Å². The van der Waals surface area contributed by atoms with Gasteiger partial charge in [-0.15, -0.1) is 0 Å². The number of ether oxygens (including phenoxy) is 3. The molecule has 2 fully saturated rings. The van der Waals surface area contributed by atoms with Crippen molar-refractivity contribution in [3.05, 3.63) is 28.7 Å². The minimum Gasteiger partial charge on any atom is -0.463 e. The molecule has 2 saturated heterocycles. The summed E-state index contributed by atoms with van der Waals surface area (Å²) in [7, 11) is 0. The van der Waals surface area contributed by atoms with Crippen LogP contribution in [0.15, 0.2) is 28.7 Å². The molecule has 2 heterocycles. The van der Waals surface area contributed by atoms with Crippen LogP contribution in [0, 0.1) is 5.92 Å². The van der Waals surface area contributed by atoms with E-state index in [2.05, 4.69) is 15.9 Å². The summed E-state index contributed by atoms with van der Waals surface area (Å²) in [5.74, 6) is -1.52. The second-order valence-corrected chi connectivity index (χ2v) is 7.09. The first-order chi connectivity index (χ1) is 12.5. The molecule has 0 radical (unpaired) electrons. The van der Waals surface area contributed by atoms with Crippen LogP contribution in [0.5, 0.6) is 0 Å². The SMILES string of the molecule is CCOC(=O)C1(C(=O)OCC)CC2CCOC2N(c2ccc(Br)cc2)O1. The number of carbonyl (C=O) groups is 2. The molecule has 0 bridgehead atoms. The molecular formula is C18H22BrNO6. The van der Waals surface area contributed by atoms with E-state index in [1.807, 2.05) is 24.3 Å². The van der Waals surface area contributed by atoms with Crippen molar-refractivity contribution in [1.29, 1.82) is 0 Å². The van der Waals surface area contributed by atoms with Crippen molar-refractivity contribution in [1.82, 2.24) is 0 Å². The summed E-state index contributed by atoms with van der Waals surface area (Å²) in [5.41, 5.74) is -1.14. The standard InChI is InChI=1S/C18H22BrNO6/c1-3-23-16(21)18(17(22)24-4-2)11-12-9-10-25-15(12)20(26-18)14-7-5-13(19)6-8-14/h5-8,12,15H,3-4,9-11H2,1-2H3. The van der Waals surface area contributed by atoms with Crippen LogP contribution in [0.3, 0.4) is 0 Å². The first-order valence-electron chi connectivity index (χ1n) is 8.71. The number of hydrogen-bond donors (Lipinski definition) is 0. The van der Waals surface area contributed by atoms with Crippen LogP contribution in [0.4, 0.5) is 5.69 Å². The Labute approximate surface area is 160 Å². The number of anilines is 1. The van der Waals surface area contributed by atoms with Gasteiger partial charge in [-0.25, -0.2) is 19.5 Å². The smallest absolute Gasteiger partial charge is 0.353 e. The van der Waals surface area contributed by atoms with Crippen molar-refractivity contribution in [3.8, 4) is 0 Å². The van der Waals surface area contributed by atoms with Gasteiger partial charge < -0.3 is 14.2 Å². The van der Waals surface area contributed by atoms with E-state index in [1.165, 1.54) is 5.06 Å². The molecule has 1 aromatic carbocycles. The van der Waals surface area contributed by atoms with Gasteiger partial charge in [0.25, 0.3) is 5.60 Å². The number of esters is 2. The summed E-state index contributed by atoms with van der Waals surface area (Å²) in [6.45, 7) is 4.20. The lowest BCUT2D eigenvalue weighted by atomic mass is 9.86. The van der Waals surface area contributed by atoms with E-state index in [-0.39, 0.29) is 31.8 Å². The average molecular weight is 428 g/mol. The molecule has 26 heavy (non-hydrogen) atoms. The van der Waals surface area contributed by atoms with Gasteiger partial charge in [-0.05, 0) is 44.5 Å². The minimum atomic E-state index is -1.83. The Morgan fingerprint density at radius 1 is 1.19 bits per heavy atom. The number of hydrogen-bond acceptors (Lipinski definition) is 7. The van der Waals surface area contributed by atoms with Crippen LogP contribution in [-0.4, -0.2) is 43.6 Å². The van der Waals surface area contributed by atoms with Gasteiger partial charge in [-0.1, -0.05) is 15.9 Å². The number of benzene rings is 1. The van der Waals surface area contributed by atoms with Crippen molar-refractivity contribution < 1.29 is 28.6 Å². The highest BCUT2D eigenvalue weighted by atomic mass is 79.9. The van der Waals surface area contributed by atoms with E-state index in [1.54, 1.807) is 13.8 Å². The molecule has 142 valence electrons. The highest BCUT2D eigenvalue weighted by Gasteiger charge is 2.60. The number of rotatable bonds is 5. The van der Waals surface area contributed by atoms with Gasteiger partial charge in [-0.2, -0.15) is 0 Å². The summed E-state index contributed by atoms with van der Waals surface area (Å²) in [6.07, 6.45) is 0.525. The summed E-state index contributed by atoms with van der Waals surface area (Å²) >= 11 is 3.40. The van der Waals surface area contributed by atoms with Crippen LogP contribution in [0.1, 0.15) is 26.7 Å². The maximum absolute atomic E-state index is 12.7. The molecule has 2 atom stereocenters. The minimum absolute atomic E-state index is 0.0544. The van der Waals surface area contributed by atoms with Gasteiger partial charge >= 0.3 is 11.9 Å². The van der Waals surface area contributed by atoms with E-state index in [0.29, 0.717) is 12.3 Å². The van der Waals surface area contributed by atoms with E-state index < -0.39 is 17.5 Å². The Bertz CT molecular complexity index is 646. The summed E-state index contributed by atoms with van der Waals surface area (Å²) in [4.78, 5) is 31.5. The average Bonchev–Trinajstić information content (AvgIpc) is 3.10. The highest BCUT2D eigenvalue weighted by Crippen LogP contribution is 2.43. The molecule has 0 spiro atoms. The number of halogens is 1. The summed E-state index contributed by atoms with van der Waals surface area (Å²) in [6, 6.07) is 7.37. The van der Waals surface area contributed by atoms with Crippen molar-refractivity contribution in [3.63, 3.8) is 0 Å². The topological polar surface area (TPSA) is 74.3 Å².